The fraction of sp³-hybridized carbons (Fsp3) is 0.222. The van der Waals surface area contributed by atoms with Crippen LogP contribution in [-0.4, -0.2) is 24.8 Å². The number of rotatable bonds is 1. The van der Waals surface area contributed by atoms with Crippen molar-refractivity contribution in [3.63, 3.8) is 0 Å². The van der Waals surface area contributed by atoms with Crippen LogP contribution in [0.1, 0.15) is 5.56 Å². The summed E-state index contributed by atoms with van der Waals surface area (Å²) in [7, 11) is 3.13. The van der Waals surface area contributed by atoms with E-state index in [9.17, 15) is 8.78 Å². The van der Waals surface area contributed by atoms with Gasteiger partial charge in [-0.15, -0.1) is 12.4 Å². The van der Waals surface area contributed by atoms with E-state index in [1.165, 1.54) is 11.0 Å². The SMILES string of the molecule is CN(C)C(=N)c1c(F)cccc1F.Cl. The zero-order valence-electron chi connectivity index (χ0n) is 7.84. The van der Waals surface area contributed by atoms with Crippen LogP contribution in [0.4, 0.5) is 8.78 Å². The lowest BCUT2D eigenvalue weighted by Crippen LogP contribution is -2.24. The topological polar surface area (TPSA) is 27.1 Å². The highest BCUT2D eigenvalue weighted by Gasteiger charge is 2.14. The molecular weight excluding hydrogens is 210 g/mol. The van der Waals surface area contributed by atoms with Crippen molar-refractivity contribution in [1.29, 1.82) is 5.41 Å². The molecule has 1 aromatic rings. The van der Waals surface area contributed by atoms with Gasteiger partial charge in [0.15, 0.2) is 0 Å². The van der Waals surface area contributed by atoms with Gasteiger partial charge in [0, 0.05) is 14.1 Å². The average molecular weight is 221 g/mol. The minimum atomic E-state index is -0.710. The Kier molecular flexibility index (Phi) is 4.50. The van der Waals surface area contributed by atoms with E-state index in [1.54, 1.807) is 14.1 Å². The Balaban J connectivity index is 0.00000169. The summed E-state index contributed by atoms with van der Waals surface area (Å²) in [6.07, 6.45) is 0. The fourth-order valence-electron chi connectivity index (χ4n) is 0.948. The Morgan fingerprint density at radius 3 is 2.00 bits per heavy atom. The minimum Gasteiger partial charge on any atom is -0.363 e. The molecule has 0 bridgehead atoms. The number of halogens is 3. The van der Waals surface area contributed by atoms with Gasteiger partial charge in [0.1, 0.15) is 17.5 Å². The van der Waals surface area contributed by atoms with E-state index in [1.807, 2.05) is 0 Å². The van der Waals surface area contributed by atoms with Crippen LogP contribution < -0.4 is 0 Å². The zero-order chi connectivity index (χ0) is 10.0. The maximum Gasteiger partial charge on any atom is 0.137 e. The lowest BCUT2D eigenvalue weighted by atomic mass is 10.1. The van der Waals surface area contributed by atoms with E-state index in [0.29, 0.717) is 0 Å². The first-order chi connectivity index (χ1) is 6.04. The molecule has 78 valence electrons. The zero-order valence-corrected chi connectivity index (χ0v) is 8.66. The molecule has 0 saturated heterocycles. The van der Waals surface area contributed by atoms with Crippen LogP contribution in [-0.2, 0) is 0 Å². The Bertz CT molecular complexity index is 319. The van der Waals surface area contributed by atoms with Crippen LogP contribution in [0.5, 0.6) is 0 Å². The second-order valence-electron chi connectivity index (χ2n) is 2.84. The first kappa shape index (κ1) is 12.8. The number of benzene rings is 1. The lowest BCUT2D eigenvalue weighted by Gasteiger charge is -2.14. The molecule has 0 aliphatic heterocycles. The maximum absolute atomic E-state index is 13.1. The third-order valence-electron chi connectivity index (χ3n) is 1.65. The molecular formula is C9H11ClF2N2. The number of nitrogens with one attached hydrogen (secondary N) is 1. The Hall–Kier alpha value is -1.16. The molecule has 0 atom stereocenters. The molecule has 0 spiro atoms. The summed E-state index contributed by atoms with van der Waals surface area (Å²) in [5, 5.41) is 7.41. The number of hydrogen-bond donors (Lipinski definition) is 1. The summed E-state index contributed by atoms with van der Waals surface area (Å²) in [5.74, 6) is -1.59. The molecule has 0 radical (unpaired) electrons. The van der Waals surface area contributed by atoms with Crippen molar-refractivity contribution in [2.75, 3.05) is 14.1 Å². The quantitative estimate of drug-likeness (QED) is 0.571. The second kappa shape index (κ2) is 4.91. The smallest absolute Gasteiger partial charge is 0.137 e. The van der Waals surface area contributed by atoms with Crippen molar-refractivity contribution < 1.29 is 8.78 Å². The first-order valence-corrected chi connectivity index (χ1v) is 3.74. The summed E-state index contributed by atoms with van der Waals surface area (Å²) in [6, 6.07) is 3.55. The molecule has 1 N–H and O–H groups in total. The van der Waals surface area contributed by atoms with Crippen molar-refractivity contribution >= 4 is 18.2 Å². The van der Waals surface area contributed by atoms with Crippen LogP contribution in [0.2, 0.25) is 0 Å². The number of amidine groups is 1. The van der Waals surface area contributed by atoms with Gasteiger partial charge in [0.2, 0.25) is 0 Å². The number of nitrogens with zero attached hydrogens (tertiary/aromatic N) is 1. The normalized spacial score (nSPS) is 9.14. The monoisotopic (exact) mass is 220 g/mol. The largest absolute Gasteiger partial charge is 0.363 e. The summed E-state index contributed by atoms with van der Waals surface area (Å²) in [4.78, 5) is 1.35. The van der Waals surface area contributed by atoms with Gasteiger partial charge in [-0.05, 0) is 12.1 Å². The summed E-state index contributed by atoms with van der Waals surface area (Å²) in [6.45, 7) is 0. The molecule has 5 heteroatoms. The minimum absolute atomic E-state index is 0. The van der Waals surface area contributed by atoms with E-state index in [-0.39, 0.29) is 23.8 Å². The van der Waals surface area contributed by atoms with Crippen LogP contribution in [0, 0.1) is 17.0 Å². The lowest BCUT2D eigenvalue weighted by molar-refractivity contribution is 0.557. The van der Waals surface area contributed by atoms with Crippen LogP contribution in [0.15, 0.2) is 18.2 Å². The Morgan fingerprint density at radius 2 is 1.64 bits per heavy atom. The van der Waals surface area contributed by atoms with Crippen molar-refractivity contribution in [3.05, 3.63) is 35.4 Å². The van der Waals surface area contributed by atoms with Crippen molar-refractivity contribution in [2.24, 2.45) is 0 Å². The molecule has 0 fully saturated rings. The van der Waals surface area contributed by atoms with E-state index in [4.69, 9.17) is 5.41 Å². The van der Waals surface area contributed by atoms with E-state index in [2.05, 4.69) is 0 Å². The third-order valence-corrected chi connectivity index (χ3v) is 1.65. The van der Waals surface area contributed by atoms with Gasteiger partial charge in [0.05, 0.1) is 5.56 Å². The Morgan fingerprint density at radius 1 is 1.21 bits per heavy atom. The first-order valence-electron chi connectivity index (χ1n) is 3.74. The maximum atomic E-state index is 13.1. The van der Waals surface area contributed by atoms with Crippen molar-refractivity contribution in [3.8, 4) is 0 Å². The van der Waals surface area contributed by atoms with Gasteiger partial charge in [0.25, 0.3) is 0 Å². The van der Waals surface area contributed by atoms with Crippen molar-refractivity contribution in [2.45, 2.75) is 0 Å². The highest BCUT2D eigenvalue weighted by molar-refractivity contribution is 5.96. The van der Waals surface area contributed by atoms with Crippen LogP contribution in [0.3, 0.4) is 0 Å². The molecule has 0 unspecified atom stereocenters. The van der Waals surface area contributed by atoms with E-state index < -0.39 is 11.6 Å². The average Bonchev–Trinajstić information content (AvgIpc) is 2.03. The highest BCUT2D eigenvalue weighted by atomic mass is 35.5. The highest BCUT2D eigenvalue weighted by Crippen LogP contribution is 2.13. The van der Waals surface area contributed by atoms with Crippen LogP contribution in [0.25, 0.3) is 0 Å². The molecule has 0 aromatic heterocycles. The molecule has 0 saturated carbocycles. The Labute approximate surface area is 87.5 Å². The van der Waals surface area contributed by atoms with E-state index >= 15 is 0 Å². The predicted molar refractivity (Wildman–Crippen MR) is 54.1 cm³/mol. The van der Waals surface area contributed by atoms with Crippen LogP contribution >= 0.6 is 12.4 Å². The van der Waals surface area contributed by atoms with Crippen molar-refractivity contribution in [1.82, 2.24) is 4.90 Å². The van der Waals surface area contributed by atoms with E-state index in [0.717, 1.165) is 12.1 Å². The summed E-state index contributed by atoms with van der Waals surface area (Å²) >= 11 is 0. The summed E-state index contributed by atoms with van der Waals surface area (Å²) < 4.78 is 26.1. The molecule has 0 aliphatic rings. The van der Waals surface area contributed by atoms with Gasteiger partial charge in [-0.1, -0.05) is 6.07 Å². The van der Waals surface area contributed by atoms with Gasteiger partial charge in [-0.25, -0.2) is 8.78 Å². The molecule has 0 heterocycles. The third kappa shape index (κ3) is 2.42. The molecule has 0 amide bonds. The van der Waals surface area contributed by atoms with Gasteiger partial charge in [-0.3, -0.25) is 5.41 Å². The molecule has 1 aromatic carbocycles. The van der Waals surface area contributed by atoms with Gasteiger partial charge >= 0.3 is 0 Å². The van der Waals surface area contributed by atoms with Gasteiger partial charge in [-0.2, -0.15) is 0 Å². The predicted octanol–water partition coefficient (Wildman–Crippen LogP) is 2.27. The molecule has 0 aliphatic carbocycles. The fourth-order valence-corrected chi connectivity index (χ4v) is 0.948. The molecule has 2 nitrogen and oxygen atoms in total. The second-order valence-corrected chi connectivity index (χ2v) is 2.84. The number of hydrogen-bond acceptors (Lipinski definition) is 1. The standard InChI is InChI=1S/C9H10F2N2.ClH/c1-13(2)9(12)8-6(10)4-3-5-7(8)11;/h3-5,12H,1-2H3;1H. The summed E-state index contributed by atoms with van der Waals surface area (Å²) in [5.41, 5.74) is -0.285. The van der Waals surface area contributed by atoms with Gasteiger partial charge < -0.3 is 4.90 Å². The molecule has 14 heavy (non-hydrogen) atoms. The molecule has 1 rings (SSSR count).